The summed E-state index contributed by atoms with van der Waals surface area (Å²) in [6.45, 7) is 0. The molecular weight excluding hydrogens is 328 g/mol. The van der Waals surface area contributed by atoms with Gasteiger partial charge in [-0.15, -0.1) is 10.2 Å². The number of rotatable bonds is 6. The third-order valence-corrected chi connectivity index (χ3v) is 4.62. The molecule has 2 amide bonds. The molecule has 0 bridgehead atoms. The van der Waals surface area contributed by atoms with Crippen LogP contribution in [-0.2, 0) is 4.79 Å². The van der Waals surface area contributed by atoms with Crippen LogP contribution >= 0.6 is 11.8 Å². The van der Waals surface area contributed by atoms with Crippen molar-refractivity contribution in [1.82, 2.24) is 15.5 Å². The third kappa shape index (κ3) is 4.58. The van der Waals surface area contributed by atoms with E-state index in [1.54, 1.807) is 24.3 Å². The number of aromatic nitrogens is 2. The summed E-state index contributed by atoms with van der Waals surface area (Å²) in [7, 11) is 0. The van der Waals surface area contributed by atoms with Gasteiger partial charge in [-0.2, -0.15) is 0 Å². The van der Waals surface area contributed by atoms with Crippen molar-refractivity contribution in [2.24, 2.45) is 0 Å². The van der Waals surface area contributed by atoms with Crippen LogP contribution < -0.4 is 10.6 Å². The highest BCUT2D eigenvalue weighted by Crippen LogP contribution is 2.19. The van der Waals surface area contributed by atoms with Crippen molar-refractivity contribution in [2.45, 2.75) is 36.8 Å². The average molecular weight is 346 g/mol. The largest absolute Gasteiger partial charge is 0.459 e. The van der Waals surface area contributed by atoms with Gasteiger partial charge >= 0.3 is 0 Å². The summed E-state index contributed by atoms with van der Waals surface area (Å²) in [5.41, 5.74) is 0. The van der Waals surface area contributed by atoms with Crippen LogP contribution in [0, 0.1) is 0 Å². The fourth-order valence-electron chi connectivity index (χ4n) is 2.53. The van der Waals surface area contributed by atoms with E-state index >= 15 is 0 Å². The van der Waals surface area contributed by atoms with E-state index in [1.807, 2.05) is 0 Å². The number of carbonyl (C=O) groups excluding carboxylic acids is 2. The summed E-state index contributed by atoms with van der Waals surface area (Å²) < 4.78 is 5.00. The van der Waals surface area contributed by atoms with Gasteiger partial charge in [0, 0.05) is 6.04 Å². The van der Waals surface area contributed by atoms with Crippen LogP contribution in [0.25, 0.3) is 0 Å². The lowest BCUT2D eigenvalue weighted by molar-refractivity contribution is -0.119. The summed E-state index contributed by atoms with van der Waals surface area (Å²) in [4.78, 5) is 23.7. The Bertz CT molecular complexity index is 682. The number of hydrogen-bond acceptors (Lipinski definition) is 6. The number of amides is 2. The molecule has 0 radical (unpaired) electrons. The maximum absolute atomic E-state index is 11.9. The first-order chi connectivity index (χ1) is 11.7. The average Bonchev–Trinajstić information content (AvgIpc) is 3.28. The zero-order valence-corrected chi connectivity index (χ0v) is 13.8. The molecule has 3 rings (SSSR count). The maximum Gasteiger partial charge on any atom is 0.292 e. The Morgan fingerprint density at radius 1 is 1.21 bits per heavy atom. The summed E-state index contributed by atoms with van der Waals surface area (Å²) in [6, 6.07) is 6.89. The fraction of sp³-hybridized carbons (Fsp3) is 0.375. The molecular formula is C16H18N4O3S. The van der Waals surface area contributed by atoms with E-state index < -0.39 is 0 Å². The summed E-state index contributed by atoms with van der Waals surface area (Å²) in [6.07, 6.45) is 5.95. The van der Waals surface area contributed by atoms with Crippen LogP contribution in [0.3, 0.4) is 0 Å². The molecule has 0 saturated heterocycles. The summed E-state index contributed by atoms with van der Waals surface area (Å²) >= 11 is 1.32. The van der Waals surface area contributed by atoms with E-state index in [0.717, 1.165) is 12.8 Å². The van der Waals surface area contributed by atoms with E-state index in [-0.39, 0.29) is 17.6 Å². The topological polar surface area (TPSA) is 97.1 Å². The molecule has 7 nitrogen and oxygen atoms in total. The number of furan rings is 1. The van der Waals surface area contributed by atoms with Gasteiger partial charge in [-0.3, -0.25) is 9.59 Å². The Morgan fingerprint density at radius 3 is 2.71 bits per heavy atom. The van der Waals surface area contributed by atoms with Crippen molar-refractivity contribution in [3.63, 3.8) is 0 Å². The minimum absolute atomic E-state index is 0.0175. The lowest BCUT2D eigenvalue weighted by atomic mass is 10.2. The van der Waals surface area contributed by atoms with E-state index in [1.165, 1.54) is 30.9 Å². The van der Waals surface area contributed by atoms with E-state index in [0.29, 0.717) is 22.6 Å². The van der Waals surface area contributed by atoms with Gasteiger partial charge in [-0.1, -0.05) is 24.6 Å². The molecule has 2 aromatic heterocycles. The number of nitrogens with zero attached hydrogens (tertiary/aromatic N) is 2. The molecule has 0 aromatic carbocycles. The molecule has 0 atom stereocenters. The predicted molar refractivity (Wildman–Crippen MR) is 89.8 cm³/mol. The molecule has 126 valence electrons. The number of hydrogen-bond donors (Lipinski definition) is 2. The SMILES string of the molecule is O=C(CSc1ccc(NC(=O)c2ccco2)nn1)NC1CCCC1. The molecule has 2 aromatic rings. The molecule has 1 aliphatic rings. The van der Waals surface area contributed by atoms with Crippen molar-refractivity contribution in [3.8, 4) is 0 Å². The first-order valence-electron chi connectivity index (χ1n) is 7.81. The van der Waals surface area contributed by atoms with Crippen molar-refractivity contribution in [2.75, 3.05) is 11.1 Å². The molecule has 0 unspecified atom stereocenters. The van der Waals surface area contributed by atoms with E-state index in [2.05, 4.69) is 20.8 Å². The minimum atomic E-state index is -0.384. The molecule has 0 aliphatic heterocycles. The molecule has 1 aliphatic carbocycles. The Hall–Kier alpha value is -2.35. The number of carbonyl (C=O) groups is 2. The highest BCUT2D eigenvalue weighted by atomic mass is 32.2. The normalized spacial score (nSPS) is 14.5. The van der Waals surface area contributed by atoms with Gasteiger partial charge in [-0.05, 0) is 37.1 Å². The molecule has 8 heteroatoms. The van der Waals surface area contributed by atoms with E-state index in [9.17, 15) is 9.59 Å². The first-order valence-corrected chi connectivity index (χ1v) is 8.80. The number of anilines is 1. The van der Waals surface area contributed by atoms with Gasteiger partial charge in [0.2, 0.25) is 5.91 Å². The quantitative estimate of drug-likeness (QED) is 0.780. The molecule has 1 saturated carbocycles. The van der Waals surface area contributed by atoms with Gasteiger partial charge in [0.1, 0.15) is 5.03 Å². The summed E-state index contributed by atoms with van der Waals surface area (Å²) in [5, 5.41) is 14.2. The Morgan fingerprint density at radius 2 is 2.04 bits per heavy atom. The second-order valence-corrected chi connectivity index (χ2v) is 6.52. The Labute approximate surface area is 143 Å². The van der Waals surface area contributed by atoms with Gasteiger partial charge in [0.05, 0.1) is 12.0 Å². The molecule has 0 spiro atoms. The van der Waals surface area contributed by atoms with Crippen molar-refractivity contribution >= 4 is 29.4 Å². The van der Waals surface area contributed by atoms with Crippen LogP contribution in [-0.4, -0.2) is 33.8 Å². The monoisotopic (exact) mass is 346 g/mol. The van der Waals surface area contributed by atoms with Crippen LogP contribution in [0.5, 0.6) is 0 Å². The van der Waals surface area contributed by atoms with Gasteiger partial charge < -0.3 is 15.1 Å². The standard InChI is InChI=1S/C16H18N4O3S/c21-14(17-11-4-1-2-5-11)10-24-15-8-7-13(19-20-15)18-16(22)12-6-3-9-23-12/h3,6-9,11H,1-2,4-5,10H2,(H,17,21)(H,18,19,22). The Kier molecular flexibility index (Phi) is 5.47. The highest BCUT2D eigenvalue weighted by molar-refractivity contribution is 7.99. The molecule has 1 fully saturated rings. The van der Waals surface area contributed by atoms with Crippen molar-refractivity contribution in [3.05, 3.63) is 36.3 Å². The smallest absolute Gasteiger partial charge is 0.292 e. The summed E-state index contributed by atoms with van der Waals surface area (Å²) in [5.74, 6) is 0.480. The molecule has 24 heavy (non-hydrogen) atoms. The van der Waals surface area contributed by atoms with Crippen LogP contribution in [0.15, 0.2) is 40.0 Å². The second-order valence-electron chi connectivity index (χ2n) is 5.53. The number of nitrogens with one attached hydrogen (secondary N) is 2. The van der Waals surface area contributed by atoms with Gasteiger partial charge in [0.15, 0.2) is 11.6 Å². The first kappa shape index (κ1) is 16.5. The molecule has 2 heterocycles. The van der Waals surface area contributed by atoms with Gasteiger partial charge in [0.25, 0.3) is 5.91 Å². The zero-order chi connectivity index (χ0) is 16.8. The lowest BCUT2D eigenvalue weighted by Gasteiger charge is -2.11. The third-order valence-electron chi connectivity index (χ3n) is 3.70. The van der Waals surface area contributed by atoms with E-state index in [4.69, 9.17) is 4.42 Å². The Balaban J connectivity index is 1.45. The zero-order valence-electron chi connectivity index (χ0n) is 13.0. The maximum atomic E-state index is 11.9. The van der Waals surface area contributed by atoms with Crippen LogP contribution in [0.2, 0.25) is 0 Å². The van der Waals surface area contributed by atoms with Crippen LogP contribution in [0.4, 0.5) is 5.82 Å². The molecule has 2 N–H and O–H groups in total. The lowest BCUT2D eigenvalue weighted by Crippen LogP contribution is -2.33. The van der Waals surface area contributed by atoms with Crippen molar-refractivity contribution < 1.29 is 14.0 Å². The highest BCUT2D eigenvalue weighted by Gasteiger charge is 2.17. The van der Waals surface area contributed by atoms with Gasteiger partial charge in [-0.25, -0.2) is 0 Å². The fourth-order valence-corrected chi connectivity index (χ4v) is 3.15. The predicted octanol–water partition coefficient (Wildman–Crippen LogP) is 2.47. The van der Waals surface area contributed by atoms with Crippen LogP contribution in [0.1, 0.15) is 36.2 Å². The number of thioether (sulfide) groups is 1. The van der Waals surface area contributed by atoms with Crippen molar-refractivity contribution in [1.29, 1.82) is 0 Å². The second kappa shape index (κ2) is 7.96. The minimum Gasteiger partial charge on any atom is -0.459 e.